The normalized spacial score (nSPS) is 21.9. The van der Waals surface area contributed by atoms with E-state index in [4.69, 9.17) is 14.2 Å². The fourth-order valence-corrected chi connectivity index (χ4v) is 4.48. The SMILES string of the molecule is CCOC(=O)c1ccc(C2C(C(=O)OCC)NC(c3ccc(Br)cc3)C2C(=O)OCC)cc1. The molecule has 176 valence electrons. The van der Waals surface area contributed by atoms with Gasteiger partial charge in [-0.05, 0) is 56.2 Å². The van der Waals surface area contributed by atoms with Gasteiger partial charge >= 0.3 is 17.9 Å². The van der Waals surface area contributed by atoms with Crippen molar-refractivity contribution < 1.29 is 28.6 Å². The van der Waals surface area contributed by atoms with E-state index in [0.717, 1.165) is 15.6 Å². The van der Waals surface area contributed by atoms with Crippen molar-refractivity contribution in [2.75, 3.05) is 19.8 Å². The molecule has 1 N–H and O–H groups in total. The third-order valence-corrected chi connectivity index (χ3v) is 6.13. The number of carbonyl (C=O) groups is 3. The van der Waals surface area contributed by atoms with Crippen LogP contribution in [0.15, 0.2) is 53.0 Å². The number of ether oxygens (including phenoxy) is 3. The molecule has 1 saturated heterocycles. The highest BCUT2D eigenvalue weighted by atomic mass is 79.9. The molecule has 1 fully saturated rings. The van der Waals surface area contributed by atoms with Crippen LogP contribution in [0.4, 0.5) is 0 Å². The van der Waals surface area contributed by atoms with Crippen LogP contribution in [0.1, 0.15) is 54.2 Å². The highest BCUT2D eigenvalue weighted by molar-refractivity contribution is 9.10. The second kappa shape index (κ2) is 11.4. The van der Waals surface area contributed by atoms with E-state index >= 15 is 0 Å². The van der Waals surface area contributed by atoms with E-state index in [9.17, 15) is 14.4 Å². The minimum Gasteiger partial charge on any atom is -0.466 e. The highest BCUT2D eigenvalue weighted by Crippen LogP contribution is 2.44. The van der Waals surface area contributed by atoms with E-state index in [1.807, 2.05) is 24.3 Å². The van der Waals surface area contributed by atoms with Crippen molar-refractivity contribution in [3.8, 4) is 0 Å². The molecule has 0 aromatic heterocycles. The van der Waals surface area contributed by atoms with Crippen LogP contribution in [-0.2, 0) is 23.8 Å². The van der Waals surface area contributed by atoms with E-state index < -0.39 is 41.8 Å². The number of carbonyl (C=O) groups excluding carboxylic acids is 3. The van der Waals surface area contributed by atoms with E-state index in [1.165, 1.54) is 0 Å². The van der Waals surface area contributed by atoms with Crippen LogP contribution in [0.5, 0.6) is 0 Å². The lowest BCUT2D eigenvalue weighted by molar-refractivity contribution is -0.149. The van der Waals surface area contributed by atoms with Gasteiger partial charge in [0.25, 0.3) is 0 Å². The maximum Gasteiger partial charge on any atom is 0.338 e. The summed E-state index contributed by atoms with van der Waals surface area (Å²) in [5, 5.41) is 3.32. The van der Waals surface area contributed by atoms with Gasteiger partial charge in [-0.2, -0.15) is 0 Å². The maximum absolute atomic E-state index is 13.2. The van der Waals surface area contributed by atoms with Crippen LogP contribution in [0, 0.1) is 5.92 Å². The van der Waals surface area contributed by atoms with Gasteiger partial charge in [0.1, 0.15) is 6.04 Å². The first-order valence-electron chi connectivity index (χ1n) is 11.0. The standard InChI is InChI=1S/C25H28BrNO6/c1-4-31-23(28)17-9-7-15(8-10-17)19-20(24(29)32-5-2)21(16-11-13-18(26)14-12-16)27-22(19)25(30)33-6-3/h7-14,19-22,27H,4-6H2,1-3H3. The summed E-state index contributed by atoms with van der Waals surface area (Å²) in [6, 6.07) is 13.2. The quantitative estimate of drug-likeness (QED) is 0.415. The number of hydrogen-bond donors (Lipinski definition) is 1. The lowest BCUT2D eigenvalue weighted by Gasteiger charge is -2.24. The summed E-state index contributed by atoms with van der Waals surface area (Å²) < 4.78 is 16.7. The van der Waals surface area contributed by atoms with Crippen molar-refractivity contribution in [2.45, 2.75) is 38.8 Å². The number of nitrogens with one attached hydrogen (secondary N) is 1. The molecule has 8 heteroatoms. The molecule has 4 atom stereocenters. The molecule has 0 saturated carbocycles. The largest absolute Gasteiger partial charge is 0.466 e. The lowest BCUT2D eigenvalue weighted by Crippen LogP contribution is -2.37. The molecule has 2 aromatic carbocycles. The van der Waals surface area contributed by atoms with Crippen LogP contribution >= 0.6 is 15.9 Å². The van der Waals surface area contributed by atoms with Crippen molar-refractivity contribution in [3.05, 3.63) is 69.7 Å². The summed E-state index contributed by atoms with van der Waals surface area (Å²) in [4.78, 5) is 38.2. The molecular formula is C25H28BrNO6. The van der Waals surface area contributed by atoms with Crippen LogP contribution in [-0.4, -0.2) is 43.8 Å². The first-order chi connectivity index (χ1) is 15.9. The topological polar surface area (TPSA) is 90.9 Å². The van der Waals surface area contributed by atoms with E-state index in [-0.39, 0.29) is 19.8 Å². The first-order valence-corrected chi connectivity index (χ1v) is 11.8. The minimum atomic E-state index is -0.763. The Labute approximate surface area is 201 Å². The molecular weight excluding hydrogens is 490 g/mol. The molecule has 0 spiro atoms. The van der Waals surface area contributed by atoms with Gasteiger partial charge < -0.3 is 14.2 Å². The van der Waals surface area contributed by atoms with E-state index in [1.54, 1.807) is 45.0 Å². The molecule has 2 aromatic rings. The second-order valence-electron chi connectivity index (χ2n) is 7.57. The zero-order valence-corrected chi connectivity index (χ0v) is 20.5. The Kier molecular flexibility index (Phi) is 8.63. The Bertz CT molecular complexity index is 975. The average Bonchev–Trinajstić information content (AvgIpc) is 3.21. The van der Waals surface area contributed by atoms with Gasteiger partial charge in [-0.15, -0.1) is 0 Å². The molecule has 33 heavy (non-hydrogen) atoms. The Morgan fingerprint density at radius 1 is 0.788 bits per heavy atom. The lowest BCUT2D eigenvalue weighted by atomic mass is 9.79. The number of esters is 3. The molecule has 1 heterocycles. The fraction of sp³-hybridized carbons (Fsp3) is 0.400. The predicted molar refractivity (Wildman–Crippen MR) is 126 cm³/mol. The average molecular weight is 518 g/mol. The molecule has 0 radical (unpaired) electrons. The summed E-state index contributed by atoms with van der Waals surface area (Å²) in [7, 11) is 0. The van der Waals surface area contributed by atoms with Gasteiger partial charge in [0, 0.05) is 16.4 Å². The van der Waals surface area contributed by atoms with Crippen LogP contribution in [0.3, 0.4) is 0 Å². The molecule has 0 amide bonds. The van der Waals surface area contributed by atoms with Gasteiger partial charge in [-0.1, -0.05) is 40.2 Å². The predicted octanol–water partition coefficient (Wildman–Crippen LogP) is 4.16. The number of hydrogen-bond acceptors (Lipinski definition) is 7. The van der Waals surface area contributed by atoms with Crippen molar-refractivity contribution in [2.24, 2.45) is 5.92 Å². The zero-order chi connectivity index (χ0) is 24.0. The Hall–Kier alpha value is -2.71. The third kappa shape index (κ3) is 5.62. The van der Waals surface area contributed by atoms with Gasteiger partial charge in [0.05, 0.1) is 31.3 Å². The van der Waals surface area contributed by atoms with Gasteiger partial charge in [-0.25, -0.2) is 4.79 Å². The van der Waals surface area contributed by atoms with Gasteiger partial charge in [0.15, 0.2) is 0 Å². The molecule has 3 rings (SSSR count). The second-order valence-corrected chi connectivity index (χ2v) is 8.49. The molecule has 7 nitrogen and oxygen atoms in total. The smallest absolute Gasteiger partial charge is 0.338 e. The van der Waals surface area contributed by atoms with Crippen LogP contribution in [0.25, 0.3) is 0 Å². The summed E-state index contributed by atoms with van der Waals surface area (Å²) in [6.07, 6.45) is 0. The molecule has 4 unspecified atom stereocenters. The van der Waals surface area contributed by atoms with Gasteiger partial charge in [0.2, 0.25) is 0 Å². The number of halogens is 1. The monoisotopic (exact) mass is 517 g/mol. The molecule has 1 aliphatic rings. The Morgan fingerprint density at radius 3 is 1.91 bits per heavy atom. The summed E-state index contributed by atoms with van der Waals surface area (Å²) >= 11 is 3.43. The zero-order valence-electron chi connectivity index (χ0n) is 18.9. The summed E-state index contributed by atoms with van der Waals surface area (Å²) in [6.45, 7) is 5.95. The van der Waals surface area contributed by atoms with E-state index in [2.05, 4.69) is 21.2 Å². The van der Waals surface area contributed by atoms with Gasteiger partial charge in [-0.3, -0.25) is 14.9 Å². The molecule has 0 bridgehead atoms. The molecule has 1 aliphatic heterocycles. The van der Waals surface area contributed by atoms with E-state index in [0.29, 0.717) is 5.56 Å². The van der Waals surface area contributed by atoms with Crippen LogP contribution in [0.2, 0.25) is 0 Å². The van der Waals surface area contributed by atoms with Crippen LogP contribution < -0.4 is 5.32 Å². The van der Waals surface area contributed by atoms with Crippen molar-refractivity contribution in [3.63, 3.8) is 0 Å². The van der Waals surface area contributed by atoms with Crippen molar-refractivity contribution in [1.29, 1.82) is 0 Å². The summed E-state index contributed by atoms with van der Waals surface area (Å²) in [5.41, 5.74) is 1.99. The number of rotatable bonds is 8. The molecule has 0 aliphatic carbocycles. The Balaban J connectivity index is 2.05. The summed E-state index contributed by atoms with van der Waals surface area (Å²) in [5.74, 6) is -2.48. The Morgan fingerprint density at radius 2 is 1.33 bits per heavy atom. The minimum absolute atomic E-state index is 0.221. The first kappa shape index (κ1) is 24.9. The maximum atomic E-state index is 13.2. The van der Waals surface area contributed by atoms with Crippen molar-refractivity contribution in [1.82, 2.24) is 5.32 Å². The third-order valence-electron chi connectivity index (χ3n) is 5.60. The highest BCUT2D eigenvalue weighted by Gasteiger charge is 2.52. The van der Waals surface area contributed by atoms with Crippen molar-refractivity contribution >= 4 is 33.8 Å². The fourth-order valence-electron chi connectivity index (χ4n) is 4.21. The number of benzene rings is 2.